The maximum absolute atomic E-state index is 11.5. The highest BCUT2D eigenvalue weighted by Gasteiger charge is 2.41. The highest BCUT2D eigenvalue weighted by atomic mass is 32.1. The molecule has 0 spiro atoms. The molecule has 3 nitrogen and oxygen atoms in total. The van der Waals surface area contributed by atoms with E-state index in [0.717, 1.165) is 24.8 Å². The number of benzene rings is 1. The number of aryl methyl sites for hydroxylation is 2. The first-order chi connectivity index (χ1) is 14.2. The van der Waals surface area contributed by atoms with Gasteiger partial charge in [-0.3, -0.25) is 0 Å². The van der Waals surface area contributed by atoms with Crippen LogP contribution in [0.5, 0.6) is 0 Å². The molecule has 0 aliphatic heterocycles. The third-order valence-corrected chi connectivity index (χ3v) is 9.14. The largest absolute Gasteiger partial charge is 0.478 e. The molecular formula is C27H40O3S. The van der Waals surface area contributed by atoms with Gasteiger partial charge in [-0.1, -0.05) is 53.7 Å². The molecular weight excluding hydrogens is 404 g/mol. The van der Waals surface area contributed by atoms with Crippen molar-refractivity contribution < 1.29 is 15.0 Å². The van der Waals surface area contributed by atoms with Crippen molar-refractivity contribution in [1.82, 2.24) is 0 Å². The van der Waals surface area contributed by atoms with Crippen LogP contribution < -0.4 is 0 Å². The van der Waals surface area contributed by atoms with Crippen molar-refractivity contribution in [3.05, 3.63) is 56.3 Å². The zero-order chi connectivity index (χ0) is 23.8. The van der Waals surface area contributed by atoms with E-state index in [1.165, 1.54) is 20.9 Å². The zero-order valence-electron chi connectivity index (χ0n) is 20.7. The first kappa shape index (κ1) is 25.6. The lowest BCUT2D eigenvalue weighted by molar-refractivity contribution is -0.0834. The number of thiophene rings is 1. The topological polar surface area (TPSA) is 57.5 Å². The Hall–Kier alpha value is -1.65. The maximum Gasteiger partial charge on any atom is 0.335 e. The number of rotatable bonds is 8. The molecule has 0 saturated carbocycles. The van der Waals surface area contributed by atoms with Crippen LogP contribution in [0.2, 0.25) is 0 Å². The minimum Gasteiger partial charge on any atom is -0.478 e. The second kappa shape index (κ2) is 9.07. The predicted octanol–water partition coefficient (Wildman–Crippen LogP) is 7.14. The van der Waals surface area contributed by atoms with Crippen molar-refractivity contribution >= 4 is 17.3 Å². The summed E-state index contributed by atoms with van der Waals surface area (Å²) in [6, 6.07) is 8.10. The van der Waals surface area contributed by atoms with Crippen molar-refractivity contribution in [2.75, 3.05) is 0 Å². The molecule has 0 amide bonds. The standard InChI is InChI=1S/C27H40O3S/c1-10-27(11-2,20-12-13-21(24(28)29)17(3)14-20)23-15-18(4)22(31-23)16-19(5)26(9,30)25(6,7)8/h12-15,19,30H,10-11,16H2,1-9H3,(H,28,29). The molecule has 4 heteroatoms. The van der Waals surface area contributed by atoms with Gasteiger partial charge in [-0.25, -0.2) is 4.79 Å². The van der Waals surface area contributed by atoms with E-state index in [0.29, 0.717) is 5.56 Å². The summed E-state index contributed by atoms with van der Waals surface area (Å²) in [5.41, 5.74) is 2.54. The molecule has 0 aliphatic rings. The minimum atomic E-state index is -0.878. The molecule has 2 aromatic rings. The fraction of sp³-hybridized carbons (Fsp3) is 0.593. The Morgan fingerprint density at radius 3 is 2.06 bits per heavy atom. The van der Waals surface area contributed by atoms with Gasteiger partial charge in [-0.15, -0.1) is 11.3 Å². The van der Waals surface area contributed by atoms with Gasteiger partial charge in [0.05, 0.1) is 11.2 Å². The second-order valence-electron chi connectivity index (χ2n) is 10.3. The van der Waals surface area contributed by atoms with Crippen molar-refractivity contribution in [3.8, 4) is 0 Å². The molecule has 2 atom stereocenters. The van der Waals surface area contributed by atoms with Crippen molar-refractivity contribution in [1.29, 1.82) is 0 Å². The van der Waals surface area contributed by atoms with Crippen LogP contribution in [0.1, 0.15) is 98.1 Å². The normalized spacial score (nSPS) is 15.5. The van der Waals surface area contributed by atoms with E-state index in [-0.39, 0.29) is 16.7 Å². The fourth-order valence-electron chi connectivity index (χ4n) is 4.52. The zero-order valence-corrected chi connectivity index (χ0v) is 21.5. The summed E-state index contributed by atoms with van der Waals surface area (Å²) < 4.78 is 0. The Morgan fingerprint density at radius 1 is 1.03 bits per heavy atom. The molecule has 172 valence electrons. The molecule has 0 bridgehead atoms. The van der Waals surface area contributed by atoms with E-state index in [2.05, 4.69) is 60.6 Å². The van der Waals surface area contributed by atoms with E-state index in [1.807, 2.05) is 31.3 Å². The quantitative estimate of drug-likeness (QED) is 0.455. The summed E-state index contributed by atoms with van der Waals surface area (Å²) in [7, 11) is 0. The third kappa shape index (κ3) is 4.75. The number of carboxylic acid groups (broad SMARTS) is 1. The predicted molar refractivity (Wildman–Crippen MR) is 132 cm³/mol. The Kier molecular flexibility index (Phi) is 7.49. The van der Waals surface area contributed by atoms with Crippen molar-refractivity contribution in [2.45, 2.75) is 92.6 Å². The van der Waals surface area contributed by atoms with Gasteiger partial charge in [0.25, 0.3) is 0 Å². The average Bonchev–Trinajstić information content (AvgIpc) is 3.02. The number of hydrogen-bond donors (Lipinski definition) is 2. The fourth-order valence-corrected chi connectivity index (χ4v) is 6.18. The Morgan fingerprint density at radius 2 is 1.61 bits per heavy atom. The van der Waals surface area contributed by atoms with Gasteiger partial charge in [0.2, 0.25) is 0 Å². The summed E-state index contributed by atoms with van der Waals surface area (Å²) in [6.07, 6.45) is 2.75. The summed E-state index contributed by atoms with van der Waals surface area (Å²) >= 11 is 1.85. The minimum absolute atomic E-state index is 0.132. The number of hydrogen-bond acceptors (Lipinski definition) is 3. The lowest BCUT2D eigenvalue weighted by Crippen LogP contribution is -2.46. The van der Waals surface area contributed by atoms with E-state index < -0.39 is 11.6 Å². The average molecular weight is 445 g/mol. The van der Waals surface area contributed by atoms with Crippen LogP contribution in [0.15, 0.2) is 24.3 Å². The van der Waals surface area contributed by atoms with Gasteiger partial charge in [0, 0.05) is 15.2 Å². The van der Waals surface area contributed by atoms with Crippen LogP contribution in [-0.2, 0) is 11.8 Å². The molecule has 0 radical (unpaired) electrons. The first-order valence-corrected chi connectivity index (χ1v) is 12.2. The summed E-state index contributed by atoms with van der Waals surface area (Å²) in [6.45, 7) is 18.9. The summed E-state index contributed by atoms with van der Waals surface area (Å²) in [5.74, 6) is -0.746. The Bertz CT molecular complexity index is 926. The van der Waals surface area contributed by atoms with Crippen LogP contribution in [0.25, 0.3) is 0 Å². The van der Waals surface area contributed by atoms with E-state index in [9.17, 15) is 15.0 Å². The number of carboxylic acids is 1. The Labute approximate surface area is 192 Å². The van der Waals surface area contributed by atoms with Crippen molar-refractivity contribution in [3.63, 3.8) is 0 Å². The smallest absolute Gasteiger partial charge is 0.335 e. The van der Waals surface area contributed by atoms with Gasteiger partial charge < -0.3 is 10.2 Å². The van der Waals surface area contributed by atoms with Crippen LogP contribution in [0.4, 0.5) is 0 Å². The molecule has 1 aromatic carbocycles. The van der Waals surface area contributed by atoms with Crippen LogP contribution in [0, 0.1) is 25.2 Å². The molecule has 31 heavy (non-hydrogen) atoms. The van der Waals surface area contributed by atoms with Gasteiger partial charge >= 0.3 is 5.97 Å². The van der Waals surface area contributed by atoms with Gasteiger partial charge in [0.1, 0.15) is 0 Å². The van der Waals surface area contributed by atoms with E-state index in [1.54, 1.807) is 6.07 Å². The summed E-state index contributed by atoms with van der Waals surface area (Å²) in [4.78, 5) is 14.1. The number of aromatic carboxylic acids is 1. The van der Waals surface area contributed by atoms with Gasteiger partial charge in [-0.05, 0) is 80.2 Å². The molecule has 0 fully saturated rings. The molecule has 0 saturated heterocycles. The molecule has 2 N–H and O–H groups in total. The SMILES string of the molecule is CCC(CC)(c1ccc(C(=O)O)c(C)c1)c1cc(C)c(CC(C)C(C)(O)C(C)(C)C)s1. The van der Waals surface area contributed by atoms with E-state index >= 15 is 0 Å². The number of aliphatic hydroxyl groups is 1. The van der Waals surface area contributed by atoms with Crippen LogP contribution >= 0.6 is 11.3 Å². The maximum atomic E-state index is 11.5. The van der Waals surface area contributed by atoms with Crippen molar-refractivity contribution in [2.24, 2.45) is 11.3 Å². The van der Waals surface area contributed by atoms with E-state index in [4.69, 9.17) is 0 Å². The third-order valence-electron chi connectivity index (χ3n) is 7.68. The van der Waals surface area contributed by atoms with Gasteiger partial charge in [0.15, 0.2) is 0 Å². The molecule has 2 rings (SSSR count). The summed E-state index contributed by atoms with van der Waals surface area (Å²) in [5, 5.41) is 20.6. The highest BCUT2D eigenvalue weighted by molar-refractivity contribution is 7.12. The lowest BCUT2D eigenvalue weighted by atomic mass is 9.69. The van der Waals surface area contributed by atoms with Gasteiger partial charge in [-0.2, -0.15) is 0 Å². The molecule has 2 unspecified atom stereocenters. The Balaban J connectivity index is 2.48. The molecule has 1 aromatic heterocycles. The molecule has 1 heterocycles. The monoisotopic (exact) mass is 444 g/mol. The first-order valence-electron chi connectivity index (χ1n) is 11.4. The molecule has 0 aliphatic carbocycles. The second-order valence-corrected chi connectivity index (χ2v) is 11.5. The van der Waals surface area contributed by atoms with Crippen LogP contribution in [0.3, 0.4) is 0 Å². The lowest BCUT2D eigenvalue weighted by Gasteiger charge is -2.42. The highest BCUT2D eigenvalue weighted by Crippen LogP contribution is 2.45. The number of carbonyl (C=O) groups is 1. The van der Waals surface area contributed by atoms with Crippen LogP contribution in [-0.4, -0.2) is 21.8 Å².